The van der Waals surface area contributed by atoms with E-state index in [2.05, 4.69) is 42.3 Å². The van der Waals surface area contributed by atoms with E-state index in [1.807, 2.05) is 20.0 Å². The summed E-state index contributed by atoms with van der Waals surface area (Å²) in [5, 5.41) is 4.46. The van der Waals surface area contributed by atoms with Crippen LogP contribution in [0.15, 0.2) is 28.7 Å². The molecule has 0 aliphatic heterocycles. The van der Waals surface area contributed by atoms with Crippen LogP contribution in [0.4, 0.5) is 0 Å². The second-order valence-electron chi connectivity index (χ2n) is 4.50. The molecule has 0 aliphatic carbocycles. The summed E-state index contributed by atoms with van der Waals surface area (Å²) in [5.41, 5.74) is 2.21. The molecular weight excluding hydrogens is 222 g/mol. The van der Waals surface area contributed by atoms with Gasteiger partial charge < -0.3 is 9.73 Å². The highest BCUT2D eigenvalue weighted by Gasteiger charge is 2.13. The van der Waals surface area contributed by atoms with Crippen molar-refractivity contribution in [3.05, 3.63) is 35.6 Å². The molecule has 2 rings (SSSR count). The van der Waals surface area contributed by atoms with Crippen molar-refractivity contribution in [2.75, 3.05) is 7.05 Å². The van der Waals surface area contributed by atoms with Crippen LogP contribution in [0.2, 0.25) is 0 Å². The minimum absolute atomic E-state index is 0.235. The third kappa shape index (κ3) is 2.75. The van der Waals surface area contributed by atoms with E-state index in [0.717, 1.165) is 24.2 Å². The molecule has 0 aliphatic rings. The molecule has 1 heterocycles. The molecule has 1 N–H and O–H groups in total. The molecule has 1 unspecified atom stereocenters. The highest BCUT2D eigenvalue weighted by Crippen LogP contribution is 2.26. The molecule has 0 saturated heterocycles. The normalized spacial score (nSPS) is 12.2. The number of hydrogen-bond acceptors (Lipinski definition) is 2. The Morgan fingerprint density at radius 2 is 2.17 bits per heavy atom. The summed E-state index contributed by atoms with van der Waals surface area (Å²) in [5.74, 6) is 7.01. The van der Waals surface area contributed by atoms with Crippen LogP contribution >= 0.6 is 0 Å². The lowest BCUT2D eigenvalue weighted by Gasteiger charge is -2.11. The Hall–Kier alpha value is -1.72. The van der Waals surface area contributed by atoms with Gasteiger partial charge in [0.05, 0.1) is 6.04 Å². The van der Waals surface area contributed by atoms with Crippen LogP contribution in [0.5, 0.6) is 0 Å². The first-order valence-electron chi connectivity index (χ1n) is 6.31. The van der Waals surface area contributed by atoms with E-state index in [1.165, 1.54) is 10.9 Å². The summed E-state index contributed by atoms with van der Waals surface area (Å²) < 4.78 is 5.90. The van der Waals surface area contributed by atoms with Gasteiger partial charge in [-0.25, -0.2) is 0 Å². The molecule has 0 spiro atoms. The maximum absolute atomic E-state index is 5.90. The molecule has 2 aromatic rings. The predicted molar refractivity (Wildman–Crippen MR) is 75.4 cm³/mol. The first-order chi connectivity index (χ1) is 8.74. The van der Waals surface area contributed by atoms with Gasteiger partial charge in [-0.1, -0.05) is 11.6 Å². The highest BCUT2D eigenvalue weighted by atomic mass is 16.3. The number of rotatable bonds is 4. The van der Waals surface area contributed by atoms with E-state index in [0.29, 0.717) is 0 Å². The zero-order valence-electron chi connectivity index (χ0n) is 11.2. The molecule has 94 valence electrons. The summed E-state index contributed by atoms with van der Waals surface area (Å²) in [7, 11) is 1.96. The predicted octanol–water partition coefficient (Wildman–Crippen LogP) is 3.81. The van der Waals surface area contributed by atoms with Crippen LogP contribution in [-0.2, 0) is 0 Å². The number of nitrogens with one attached hydrogen (secondary N) is 1. The fourth-order valence-corrected chi connectivity index (χ4v) is 2.13. The number of aryl methyl sites for hydroxylation is 1. The van der Waals surface area contributed by atoms with Crippen LogP contribution in [-0.4, -0.2) is 7.05 Å². The highest BCUT2D eigenvalue weighted by molar-refractivity contribution is 5.78. The van der Waals surface area contributed by atoms with E-state index < -0.39 is 0 Å². The number of hydrogen-bond donors (Lipinski definition) is 1. The Morgan fingerprint density at radius 3 is 2.89 bits per heavy atom. The van der Waals surface area contributed by atoms with Gasteiger partial charge in [-0.3, -0.25) is 0 Å². The van der Waals surface area contributed by atoms with Gasteiger partial charge in [0, 0.05) is 11.8 Å². The van der Waals surface area contributed by atoms with Gasteiger partial charge in [0.15, 0.2) is 0 Å². The van der Waals surface area contributed by atoms with E-state index >= 15 is 0 Å². The fourth-order valence-electron chi connectivity index (χ4n) is 2.13. The van der Waals surface area contributed by atoms with Gasteiger partial charge in [0.2, 0.25) is 0 Å². The maximum Gasteiger partial charge on any atom is 0.134 e. The molecule has 1 aromatic heterocycles. The first-order valence-corrected chi connectivity index (χ1v) is 6.31. The van der Waals surface area contributed by atoms with E-state index in [-0.39, 0.29) is 6.04 Å². The third-order valence-corrected chi connectivity index (χ3v) is 3.12. The number of benzene rings is 1. The van der Waals surface area contributed by atoms with Gasteiger partial charge in [0.1, 0.15) is 11.3 Å². The van der Waals surface area contributed by atoms with E-state index in [1.54, 1.807) is 0 Å². The van der Waals surface area contributed by atoms with Crippen LogP contribution in [0.25, 0.3) is 11.0 Å². The minimum atomic E-state index is 0.235. The molecule has 2 nitrogen and oxygen atoms in total. The molecule has 0 fully saturated rings. The zero-order chi connectivity index (χ0) is 13.0. The molecule has 1 atom stereocenters. The van der Waals surface area contributed by atoms with Crippen molar-refractivity contribution in [3.63, 3.8) is 0 Å². The molecule has 0 radical (unpaired) electrons. The zero-order valence-corrected chi connectivity index (χ0v) is 11.2. The van der Waals surface area contributed by atoms with Crippen molar-refractivity contribution in [1.82, 2.24) is 5.32 Å². The second kappa shape index (κ2) is 5.75. The number of furan rings is 1. The average molecular weight is 241 g/mol. The molecular formula is C16H19NO. The average Bonchev–Trinajstić information content (AvgIpc) is 2.77. The van der Waals surface area contributed by atoms with E-state index in [9.17, 15) is 0 Å². The maximum atomic E-state index is 5.90. The third-order valence-electron chi connectivity index (χ3n) is 3.12. The van der Waals surface area contributed by atoms with Crippen molar-refractivity contribution in [3.8, 4) is 11.8 Å². The topological polar surface area (TPSA) is 25.2 Å². The second-order valence-corrected chi connectivity index (χ2v) is 4.50. The van der Waals surface area contributed by atoms with Crippen molar-refractivity contribution < 1.29 is 4.42 Å². The Bertz CT molecular complexity index is 586. The molecule has 0 bridgehead atoms. The summed E-state index contributed by atoms with van der Waals surface area (Å²) in [6.07, 6.45) is 1.86. The quantitative estimate of drug-likeness (QED) is 0.823. The van der Waals surface area contributed by atoms with Gasteiger partial charge in [0.25, 0.3) is 0 Å². The summed E-state index contributed by atoms with van der Waals surface area (Å²) in [6.45, 7) is 3.97. The van der Waals surface area contributed by atoms with Crippen LogP contribution in [0.3, 0.4) is 0 Å². The van der Waals surface area contributed by atoms with Crippen LogP contribution in [0.1, 0.15) is 37.1 Å². The summed E-state index contributed by atoms with van der Waals surface area (Å²) >= 11 is 0. The van der Waals surface area contributed by atoms with Crippen molar-refractivity contribution in [2.24, 2.45) is 0 Å². The lowest BCUT2D eigenvalue weighted by molar-refractivity contribution is 0.437. The largest absolute Gasteiger partial charge is 0.459 e. The lowest BCUT2D eigenvalue weighted by Crippen LogP contribution is -2.15. The molecule has 2 heteroatoms. The van der Waals surface area contributed by atoms with Crippen molar-refractivity contribution in [2.45, 2.75) is 32.7 Å². The fraction of sp³-hybridized carbons (Fsp3) is 0.375. The van der Waals surface area contributed by atoms with Gasteiger partial charge in [-0.2, -0.15) is 0 Å². The monoisotopic (exact) mass is 241 g/mol. The number of fused-ring (bicyclic) bond motifs is 1. The summed E-state index contributed by atoms with van der Waals surface area (Å²) in [4.78, 5) is 0. The van der Waals surface area contributed by atoms with Crippen molar-refractivity contribution >= 4 is 11.0 Å². The van der Waals surface area contributed by atoms with Gasteiger partial charge >= 0.3 is 0 Å². The lowest BCUT2D eigenvalue weighted by atomic mass is 10.1. The molecule has 1 aromatic carbocycles. The smallest absolute Gasteiger partial charge is 0.134 e. The molecule has 0 saturated carbocycles. The Kier molecular flexibility index (Phi) is 4.07. The first kappa shape index (κ1) is 12.7. The van der Waals surface area contributed by atoms with Crippen LogP contribution < -0.4 is 5.32 Å². The summed E-state index contributed by atoms with van der Waals surface area (Å²) in [6, 6.07) is 8.63. The molecule has 0 amide bonds. The Balaban J connectivity index is 2.24. The standard InChI is InChI=1S/C16H19NO/c1-4-5-6-7-14(17-3)16-11-13-10-12(2)8-9-15(13)18-16/h8-11,14,17H,6-7H2,1-3H3. The Labute approximate surface area is 108 Å². The SMILES string of the molecule is CC#CCCC(NC)c1cc2cc(C)ccc2o1. The van der Waals surface area contributed by atoms with E-state index in [4.69, 9.17) is 4.42 Å². The Morgan fingerprint density at radius 1 is 1.33 bits per heavy atom. The van der Waals surface area contributed by atoms with Gasteiger partial charge in [-0.05, 0) is 45.5 Å². The van der Waals surface area contributed by atoms with Crippen molar-refractivity contribution in [1.29, 1.82) is 0 Å². The van der Waals surface area contributed by atoms with Crippen LogP contribution in [0, 0.1) is 18.8 Å². The molecule has 18 heavy (non-hydrogen) atoms. The van der Waals surface area contributed by atoms with Gasteiger partial charge in [-0.15, -0.1) is 11.8 Å². The minimum Gasteiger partial charge on any atom is -0.459 e.